The van der Waals surface area contributed by atoms with Crippen molar-refractivity contribution in [3.63, 3.8) is 0 Å². The fourth-order valence-electron chi connectivity index (χ4n) is 0.978. The van der Waals surface area contributed by atoms with Gasteiger partial charge in [-0.25, -0.2) is 0 Å². The average molecular weight is 207 g/mol. The first-order valence-corrected chi connectivity index (χ1v) is 5.17. The molecule has 3 nitrogen and oxygen atoms in total. The monoisotopic (exact) mass is 207 g/mol. The van der Waals surface area contributed by atoms with Gasteiger partial charge in [-0.1, -0.05) is 26.0 Å². The molecule has 0 aromatic rings. The van der Waals surface area contributed by atoms with E-state index in [9.17, 15) is 0 Å². The summed E-state index contributed by atoms with van der Waals surface area (Å²) in [5.41, 5.74) is 8.21. The zero-order valence-corrected chi connectivity index (χ0v) is 10.0. The molecule has 0 bridgehead atoms. The van der Waals surface area contributed by atoms with E-state index in [0.29, 0.717) is 23.9 Å². The van der Waals surface area contributed by atoms with E-state index in [0.717, 1.165) is 5.57 Å². The van der Waals surface area contributed by atoms with E-state index in [2.05, 4.69) is 18.8 Å². The zero-order valence-electron chi connectivity index (χ0n) is 10.0. The summed E-state index contributed by atoms with van der Waals surface area (Å²) in [6.07, 6.45) is 5.08. The van der Waals surface area contributed by atoms with Gasteiger partial charge in [0.1, 0.15) is 0 Å². The second kappa shape index (κ2) is 6.98. The predicted octanol–water partition coefficient (Wildman–Crippen LogP) is 2.54. The molecule has 0 aliphatic rings. The van der Waals surface area contributed by atoms with Gasteiger partial charge < -0.3 is 11.1 Å². The van der Waals surface area contributed by atoms with Crippen molar-refractivity contribution >= 4 is 11.9 Å². The molecule has 0 heterocycles. The number of allylic oxidation sites excluding steroid dienone is 3. The fourth-order valence-corrected chi connectivity index (χ4v) is 0.978. The van der Waals surface area contributed by atoms with E-state index in [-0.39, 0.29) is 0 Å². The second-order valence-electron chi connectivity index (χ2n) is 3.69. The molecular formula is C12H21N3. The first-order chi connectivity index (χ1) is 7.04. The van der Waals surface area contributed by atoms with Gasteiger partial charge in [0.25, 0.3) is 0 Å². The van der Waals surface area contributed by atoms with Crippen molar-refractivity contribution in [2.45, 2.75) is 27.7 Å². The van der Waals surface area contributed by atoms with Crippen LogP contribution in [-0.4, -0.2) is 18.5 Å². The average Bonchev–Trinajstić information content (AvgIpc) is 2.22. The maximum atomic E-state index is 7.27. The van der Waals surface area contributed by atoms with Crippen LogP contribution in [-0.2, 0) is 0 Å². The minimum atomic E-state index is 0.386. The maximum absolute atomic E-state index is 7.27. The molecule has 3 heteroatoms. The minimum Gasteiger partial charge on any atom is -0.397 e. The molecule has 0 aromatic heterocycles. The van der Waals surface area contributed by atoms with E-state index in [1.54, 1.807) is 0 Å². The highest BCUT2D eigenvalue weighted by atomic mass is 14.8. The van der Waals surface area contributed by atoms with Crippen LogP contribution in [0.25, 0.3) is 0 Å². The first kappa shape index (κ1) is 13.6. The van der Waals surface area contributed by atoms with Gasteiger partial charge in [0, 0.05) is 6.21 Å². The van der Waals surface area contributed by atoms with Gasteiger partial charge in [0.2, 0.25) is 0 Å². The smallest absolute Gasteiger partial charge is 0.0982 e. The molecule has 0 rings (SSSR count). The molecule has 0 fully saturated rings. The van der Waals surface area contributed by atoms with Crippen LogP contribution in [0, 0.1) is 11.3 Å². The van der Waals surface area contributed by atoms with Gasteiger partial charge in [0.15, 0.2) is 0 Å². The Morgan fingerprint density at radius 1 is 1.47 bits per heavy atom. The second-order valence-corrected chi connectivity index (χ2v) is 3.69. The van der Waals surface area contributed by atoms with Crippen LogP contribution < -0.4 is 5.73 Å². The van der Waals surface area contributed by atoms with Crippen LogP contribution in [0.1, 0.15) is 27.7 Å². The quantitative estimate of drug-likeness (QED) is 0.528. The van der Waals surface area contributed by atoms with Crippen LogP contribution in [0.5, 0.6) is 0 Å². The Kier molecular flexibility index (Phi) is 6.34. The summed E-state index contributed by atoms with van der Waals surface area (Å²) in [6, 6.07) is 0. The third-order valence-electron chi connectivity index (χ3n) is 2.31. The first-order valence-electron chi connectivity index (χ1n) is 5.17. The Balaban J connectivity index is 4.89. The third kappa shape index (κ3) is 4.58. The minimum absolute atomic E-state index is 0.386. The summed E-state index contributed by atoms with van der Waals surface area (Å²) in [6.45, 7) is 8.66. The Hall–Kier alpha value is -1.38. The van der Waals surface area contributed by atoms with Crippen molar-refractivity contribution in [3.8, 4) is 0 Å². The molecule has 84 valence electrons. The van der Waals surface area contributed by atoms with E-state index < -0.39 is 0 Å². The van der Waals surface area contributed by atoms with Crippen LogP contribution in [0.3, 0.4) is 0 Å². The van der Waals surface area contributed by atoms with E-state index in [1.807, 2.05) is 26.0 Å². The lowest BCUT2D eigenvalue weighted by molar-refractivity contribution is 0.761. The molecular weight excluding hydrogens is 186 g/mol. The van der Waals surface area contributed by atoms with Crippen molar-refractivity contribution in [1.29, 1.82) is 5.41 Å². The highest BCUT2D eigenvalue weighted by Gasteiger charge is 2.06. The number of nitrogens with two attached hydrogens (primary N) is 1. The molecule has 0 saturated carbocycles. The Morgan fingerprint density at radius 2 is 2.07 bits per heavy atom. The van der Waals surface area contributed by atoms with Crippen molar-refractivity contribution in [1.82, 2.24) is 0 Å². The number of hydrogen-bond acceptors (Lipinski definition) is 3. The van der Waals surface area contributed by atoms with Crippen molar-refractivity contribution < 1.29 is 0 Å². The molecule has 0 spiro atoms. The Morgan fingerprint density at radius 3 is 2.47 bits per heavy atom. The fraction of sp³-hybridized carbons (Fsp3) is 0.500. The zero-order chi connectivity index (χ0) is 11.8. The lowest BCUT2D eigenvalue weighted by atomic mass is 10.0. The molecule has 0 amide bonds. The van der Waals surface area contributed by atoms with Crippen molar-refractivity contribution in [3.05, 3.63) is 23.4 Å². The maximum Gasteiger partial charge on any atom is 0.0982 e. The lowest BCUT2D eigenvalue weighted by Gasteiger charge is -2.10. The molecule has 0 radical (unpaired) electrons. The molecule has 3 N–H and O–H groups in total. The summed E-state index contributed by atoms with van der Waals surface area (Å²) in [5.74, 6) is 0.386. The van der Waals surface area contributed by atoms with Gasteiger partial charge in [-0.05, 0) is 25.3 Å². The summed E-state index contributed by atoms with van der Waals surface area (Å²) in [4.78, 5) is 4.24. The Bertz CT molecular complexity index is 296. The lowest BCUT2D eigenvalue weighted by Crippen LogP contribution is -2.17. The molecule has 0 unspecified atom stereocenters. The summed E-state index contributed by atoms with van der Waals surface area (Å²) < 4.78 is 0. The van der Waals surface area contributed by atoms with E-state index in [4.69, 9.17) is 11.1 Å². The molecule has 0 aromatic carbocycles. The highest BCUT2D eigenvalue weighted by Crippen LogP contribution is 2.11. The highest BCUT2D eigenvalue weighted by molar-refractivity contribution is 6.37. The van der Waals surface area contributed by atoms with Crippen LogP contribution >= 0.6 is 0 Å². The Labute approximate surface area is 92.3 Å². The molecule has 0 saturated heterocycles. The summed E-state index contributed by atoms with van der Waals surface area (Å²) in [5, 5.41) is 7.27. The molecule has 15 heavy (non-hydrogen) atoms. The van der Waals surface area contributed by atoms with Crippen LogP contribution in [0.2, 0.25) is 0 Å². The van der Waals surface area contributed by atoms with Gasteiger partial charge in [-0.2, -0.15) is 0 Å². The van der Waals surface area contributed by atoms with Gasteiger partial charge in [-0.15, -0.1) is 0 Å². The van der Waals surface area contributed by atoms with Gasteiger partial charge in [-0.3, -0.25) is 4.99 Å². The predicted molar refractivity (Wildman–Crippen MR) is 67.6 cm³/mol. The SMILES string of the molecule is C/C=C\CN=C(C=N)/C(N)=C(\C)C(C)C. The summed E-state index contributed by atoms with van der Waals surface area (Å²) >= 11 is 0. The largest absolute Gasteiger partial charge is 0.397 e. The van der Waals surface area contributed by atoms with Crippen LogP contribution in [0.4, 0.5) is 0 Å². The molecule has 0 atom stereocenters. The van der Waals surface area contributed by atoms with E-state index >= 15 is 0 Å². The van der Waals surface area contributed by atoms with Gasteiger partial charge in [0.05, 0.1) is 18.0 Å². The summed E-state index contributed by atoms with van der Waals surface area (Å²) in [7, 11) is 0. The number of rotatable bonds is 5. The normalized spacial score (nSPS) is 14.6. The standard InChI is InChI=1S/C12H21N3/c1-5-6-7-15-11(8-13)12(14)10(4)9(2)3/h5-6,8-9,13H,7,14H2,1-4H3/b6-5-,12-10-,13-8?,15-11?. The van der Waals surface area contributed by atoms with Gasteiger partial charge >= 0.3 is 0 Å². The van der Waals surface area contributed by atoms with Crippen molar-refractivity contribution in [2.75, 3.05) is 6.54 Å². The van der Waals surface area contributed by atoms with E-state index in [1.165, 1.54) is 6.21 Å². The molecule has 0 aliphatic heterocycles. The number of hydrogen-bond donors (Lipinski definition) is 2. The topological polar surface area (TPSA) is 62.2 Å². The number of aliphatic imine (C=N–C) groups is 1. The number of nitrogens with zero attached hydrogens (tertiary/aromatic N) is 1. The van der Waals surface area contributed by atoms with Crippen molar-refractivity contribution in [2.24, 2.45) is 16.6 Å². The molecule has 0 aliphatic carbocycles. The third-order valence-corrected chi connectivity index (χ3v) is 2.31. The van der Waals surface area contributed by atoms with Crippen LogP contribution in [0.15, 0.2) is 28.4 Å². The number of nitrogens with one attached hydrogen (secondary N) is 1.